The van der Waals surface area contributed by atoms with E-state index in [9.17, 15) is 13.6 Å². The van der Waals surface area contributed by atoms with Crippen LogP contribution < -0.4 is 4.74 Å². The molecule has 4 heteroatoms. The van der Waals surface area contributed by atoms with Gasteiger partial charge in [-0.1, -0.05) is 0 Å². The monoisotopic (exact) mass is 212 g/mol. The van der Waals surface area contributed by atoms with Gasteiger partial charge in [-0.15, -0.1) is 0 Å². The van der Waals surface area contributed by atoms with E-state index < -0.39 is 11.6 Å². The van der Waals surface area contributed by atoms with E-state index in [0.717, 1.165) is 18.9 Å². The summed E-state index contributed by atoms with van der Waals surface area (Å²) in [4.78, 5) is 10.6. The highest BCUT2D eigenvalue weighted by atomic mass is 19.2. The summed E-state index contributed by atoms with van der Waals surface area (Å²) in [7, 11) is 0. The molecule has 15 heavy (non-hydrogen) atoms. The van der Waals surface area contributed by atoms with Crippen LogP contribution in [0.25, 0.3) is 0 Å². The zero-order valence-electron chi connectivity index (χ0n) is 8.00. The normalized spacial score (nSPS) is 15.1. The third-order valence-electron chi connectivity index (χ3n) is 2.38. The van der Waals surface area contributed by atoms with Crippen molar-refractivity contribution in [2.75, 3.05) is 6.61 Å². The molecular weight excluding hydrogens is 202 g/mol. The van der Waals surface area contributed by atoms with Crippen LogP contribution in [0.5, 0.6) is 5.75 Å². The van der Waals surface area contributed by atoms with Crippen molar-refractivity contribution in [3.05, 3.63) is 29.3 Å². The van der Waals surface area contributed by atoms with Gasteiger partial charge in [-0.3, -0.25) is 4.79 Å². The molecule has 0 aromatic heterocycles. The van der Waals surface area contributed by atoms with Crippen LogP contribution in [0.15, 0.2) is 12.1 Å². The second-order valence-electron chi connectivity index (χ2n) is 3.65. The number of hydrogen-bond acceptors (Lipinski definition) is 2. The number of halogens is 2. The molecule has 0 radical (unpaired) electrons. The first kappa shape index (κ1) is 10.1. The summed E-state index contributed by atoms with van der Waals surface area (Å²) in [5, 5.41) is 0. The van der Waals surface area contributed by atoms with Crippen LogP contribution in [0.4, 0.5) is 8.78 Å². The molecule has 0 aliphatic heterocycles. The zero-order valence-corrected chi connectivity index (χ0v) is 8.00. The van der Waals surface area contributed by atoms with Crippen molar-refractivity contribution in [1.29, 1.82) is 0 Å². The molecule has 0 amide bonds. The first-order valence-electron chi connectivity index (χ1n) is 4.78. The molecular formula is C11H10F2O2. The molecule has 0 heterocycles. The molecule has 0 unspecified atom stereocenters. The van der Waals surface area contributed by atoms with Gasteiger partial charge >= 0.3 is 0 Å². The standard InChI is InChI=1S/C11H10F2O2/c12-9-3-4-10(8(5-14)11(9)13)15-6-7-1-2-7/h3-5,7H,1-2,6H2. The Morgan fingerprint density at radius 2 is 2.13 bits per heavy atom. The largest absolute Gasteiger partial charge is 0.492 e. The smallest absolute Gasteiger partial charge is 0.173 e. The molecule has 0 atom stereocenters. The fourth-order valence-corrected chi connectivity index (χ4v) is 1.28. The van der Waals surface area contributed by atoms with Crippen molar-refractivity contribution < 1.29 is 18.3 Å². The molecule has 1 aliphatic carbocycles. The highest BCUT2D eigenvalue weighted by Gasteiger charge is 2.23. The van der Waals surface area contributed by atoms with Crippen LogP contribution in [0.2, 0.25) is 0 Å². The summed E-state index contributed by atoms with van der Waals surface area (Å²) >= 11 is 0. The van der Waals surface area contributed by atoms with E-state index in [1.165, 1.54) is 6.07 Å². The lowest BCUT2D eigenvalue weighted by Crippen LogP contribution is -2.04. The summed E-state index contributed by atoms with van der Waals surface area (Å²) < 4.78 is 31.1. The van der Waals surface area contributed by atoms with Crippen LogP contribution in [0.1, 0.15) is 23.2 Å². The number of carbonyl (C=O) groups excluding carboxylic acids is 1. The predicted molar refractivity (Wildman–Crippen MR) is 50.0 cm³/mol. The van der Waals surface area contributed by atoms with Crippen LogP contribution >= 0.6 is 0 Å². The average molecular weight is 212 g/mol. The quantitative estimate of drug-likeness (QED) is 0.717. The van der Waals surface area contributed by atoms with Crippen molar-refractivity contribution >= 4 is 6.29 Å². The molecule has 0 spiro atoms. The van der Waals surface area contributed by atoms with Gasteiger partial charge < -0.3 is 4.74 Å². The second kappa shape index (κ2) is 3.96. The minimum Gasteiger partial charge on any atom is -0.492 e. The molecule has 1 aromatic carbocycles. The van der Waals surface area contributed by atoms with E-state index in [1.54, 1.807) is 0 Å². The Balaban J connectivity index is 2.20. The van der Waals surface area contributed by atoms with Gasteiger partial charge in [-0.05, 0) is 30.9 Å². The lowest BCUT2D eigenvalue weighted by molar-refractivity contribution is 0.111. The number of rotatable bonds is 4. The predicted octanol–water partition coefficient (Wildman–Crippen LogP) is 2.57. The first-order chi connectivity index (χ1) is 7.22. The van der Waals surface area contributed by atoms with Crippen LogP contribution in [-0.4, -0.2) is 12.9 Å². The maximum atomic E-state index is 13.1. The van der Waals surface area contributed by atoms with Crippen molar-refractivity contribution in [1.82, 2.24) is 0 Å². The molecule has 2 rings (SSSR count). The number of carbonyl (C=O) groups is 1. The minimum atomic E-state index is -1.14. The second-order valence-corrected chi connectivity index (χ2v) is 3.65. The highest BCUT2D eigenvalue weighted by Crippen LogP contribution is 2.30. The van der Waals surface area contributed by atoms with Crippen LogP contribution in [0.3, 0.4) is 0 Å². The van der Waals surface area contributed by atoms with Gasteiger partial charge in [0.1, 0.15) is 5.75 Å². The fraction of sp³-hybridized carbons (Fsp3) is 0.364. The van der Waals surface area contributed by atoms with Gasteiger partial charge in [0, 0.05) is 0 Å². The molecule has 1 saturated carbocycles. The Kier molecular flexibility index (Phi) is 2.66. The van der Waals surface area contributed by atoms with E-state index in [1.807, 2.05) is 0 Å². The molecule has 0 bridgehead atoms. The number of benzene rings is 1. The van der Waals surface area contributed by atoms with E-state index in [0.29, 0.717) is 12.5 Å². The van der Waals surface area contributed by atoms with E-state index in [-0.39, 0.29) is 17.6 Å². The van der Waals surface area contributed by atoms with Crippen molar-refractivity contribution in [3.63, 3.8) is 0 Å². The summed E-state index contributed by atoms with van der Waals surface area (Å²) in [5.41, 5.74) is -0.337. The van der Waals surface area contributed by atoms with Crippen molar-refractivity contribution in [3.8, 4) is 5.75 Å². The van der Waals surface area contributed by atoms with Gasteiger partial charge in [0.15, 0.2) is 17.9 Å². The Morgan fingerprint density at radius 1 is 1.40 bits per heavy atom. The zero-order chi connectivity index (χ0) is 10.8. The van der Waals surface area contributed by atoms with Gasteiger partial charge in [-0.2, -0.15) is 0 Å². The SMILES string of the molecule is O=Cc1c(OCC2CC2)ccc(F)c1F. The maximum absolute atomic E-state index is 13.1. The van der Waals surface area contributed by atoms with Gasteiger partial charge in [0.25, 0.3) is 0 Å². The molecule has 2 nitrogen and oxygen atoms in total. The average Bonchev–Trinajstić information content (AvgIpc) is 3.03. The number of hydrogen-bond donors (Lipinski definition) is 0. The van der Waals surface area contributed by atoms with E-state index >= 15 is 0 Å². The first-order valence-corrected chi connectivity index (χ1v) is 4.78. The Hall–Kier alpha value is -1.45. The molecule has 0 saturated heterocycles. The topological polar surface area (TPSA) is 26.3 Å². The van der Waals surface area contributed by atoms with Gasteiger partial charge in [-0.25, -0.2) is 8.78 Å². The van der Waals surface area contributed by atoms with Crippen molar-refractivity contribution in [2.45, 2.75) is 12.8 Å². The third kappa shape index (κ3) is 2.14. The number of aldehydes is 1. The van der Waals surface area contributed by atoms with E-state index in [4.69, 9.17) is 4.74 Å². The van der Waals surface area contributed by atoms with Gasteiger partial charge in [0.05, 0.1) is 12.2 Å². The number of ether oxygens (including phenoxy) is 1. The molecule has 1 fully saturated rings. The summed E-state index contributed by atoms with van der Waals surface area (Å²) in [6, 6.07) is 2.25. The molecule has 1 aliphatic rings. The van der Waals surface area contributed by atoms with Gasteiger partial charge in [0.2, 0.25) is 0 Å². The lowest BCUT2D eigenvalue weighted by Gasteiger charge is -2.08. The Morgan fingerprint density at radius 3 is 2.73 bits per heavy atom. The van der Waals surface area contributed by atoms with E-state index in [2.05, 4.69) is 0 Å². The summed E-state index contributed by atoms with van der Waals surface area (Å²) in [5.74, 6) is -1.55. The molecule has 80 valence electrons. The van der Waals surface area contributed by atoms with Crippen LogP contribution in [0, 0.1) is 17.6 Å². The molecule has 0 N–H and O–H groups in total. The third-order valence-corrected chi connectivity index (χ3v) is 2.38. The Labute approximate surface area is 85.9 Å². The minimum absolute atomic E-state index is 0.121. The maximum Gasteiger partial charge on any atom is 0.173 e. The summed E-state index contributed by atoms with van der Waals surface area (Å²) in [6.07, 6.45) is 2.47. The molecule has 1 aromatic rings. The fourth-order valence-electron chi connectivity index (χ4n) is 1.28. The lowest BCUT2D eigenvalue weighted by atomic mass is 10.2. The summed E-state index contributed by atoms with van der Waals surface area (Å²) in [6.45, 7) is 0.464. The van der Waals surface area contributed by atoms with Crippen molar-refractivity contribution in [2.24, 2.45) is 5.92 Å². The Bertz CT molecular complexity index is 386. The highest BCUT2D eigenvalue weighted by molar-refractivity contribution is 5.79. The van der Waals surface area contributed by atoms with Crippen LogP contribution in [-0.2, 0) is 0 Å².